The zero-order valence-corrected chi connectivity index (χ0v) is 21.4. The molecule has 38 heavy (non-hydrogen) atoms. The first-order chi connectivity index (χ1) is 17.6. The lowest BCUT2D eigenvalue weighted by Gasteiger charge is -2.26. The van der Waals surface area contributed by atoms with Gasteiger partial charge >= 0.3 is 12.4 Å². The molecule has 2 fully saturated rings. The van der Waals surface area contributed by atoms with E-state index in [1.165, 1.54) is 20.3 Å². The van der Waals surface area contributed by atoms with Gasteiger partial charge in [-0.2, -0.15) is 31.3 Å². The molecule has 0 aromatic heterocycles. The van der Waals surface area contributed by atoms with E-state index in [9.17, 15) is 39.6 Å². The molecular weight excluding hydrogens is 562 g/mol. The van der Waals surface area contributed by atoms with E-state index < -0.39 is 62.0 Å². The van der Waals surface area contributed by atoms with Gasteiger partial charge in [0.15, 0.2) is 26.5 Å². The maximum Gasteiger partial charge on any atom is 0.416 e. The van der Waals surface area contributed by atoms with Crippen molar-refractivity contribution in [2.24, 2.45) is 4.99 Å². The van der Waals surface area contributed by atoms with E-state index in [0.717, 1.165) is 16.7 Å². The van der Waals surface area contributed by atoms with E-state index in [2.05, 4.69) is 4.99 Å². The van der Waals surface area contributed by atoms with Gasteiger partial charge in [0, 0.05) is 10.9 Å². The minimum Gasteiger partial charge on any atom is -0.493 e. The van der Waals surface area contributed by atoms with Crippen molar-refractivity contribution in [3.8, 4) is 11.5 Å². The molecule has 0 bridgehead atoms. The Hall–Kier alpha value is -2.94. The van der Waals surface area contributed by atoms with Crippen LogP contribution in [0.5, 0.6) is 11.5 Å². The summed E-state index contributed by atoms with van der Waals surface area (Å²) in [5, 5.41) is -0.899. The van der Waals surface area contributed by atoms with Crippen molar-refractivity contribution < 1.29 is 49.0 Å². The van der Waals surface area contributed by atoms with E-state index in [4.69, 9.17) is 9.47 Å². The predicted molar refractivity (Wildman–Crippen MR) is 128 cm³/mol. The summed E-state index contributed by atoms with van der Waals surface area (Å²) >= 11 is 0.835. The molecule has 0 saturated carbocycles. The van der Waals surface area contributed by atoms with Crippen molar-refractivity contribution in [3.05, 3.63) is 53.1 Å². The van der Waals surface area contributed by atoms with Gasteiger partial charge in [0.05, 0.1) is 49.3 Å². The summed E-state index contributed by atoms with van der Waals surface area (Å²) in [7, 11) is -0.788. The van der Waals surface area contributed by atoms with E-state index in [-0.39, 0.29) is 23.4 Å². The smallest absolute Gasteiger partial charge is 0.416 e. The van der Waals surface area contributed by atoms with E-state index in [1.807, 2.05) is 0 Å². The second-order valence-corrected chi connectivity index (χ2v) is 11.9. The van der Waals surface area contributed by atoms with Gasteiger partial charge in [0.2, 0.25) is 0 Å². The number of halogens is 6. The summed E-state index contributed by atoms with van der Waals surface area (Å²) in [5.74, 6) is -0.856. The Morgan fingerprint density at radius 3 is 2.13 bits per heavy atom. The molecule has 1 amide bonds. The van der Waals surface area contributed by atoms with Crippen molar-refractivity contribution in [1.82, 2.24) is 0 Å². The Morgan fingerprint density at radius 1 is 0.974 bits per heavy atom. The van der Waals surface area contributed by atoms with Gasteiger partial charge < -0.3 is 14.4 Å². The van der Waals surface area contributed by atoms with Crippen LogP contribution in [0.4, 0.5) is 32.0 Å². The maximum absolute atomic E-state index is 13.5. The summed E-state index contributed by atoms with van der Waals surface area (Å²) in [5.41, 5.74) is -3.21. The second-order valence-electron chi connectivity index (χ2n) is 8.59. The van der Waals surface area contributed by atoms with E-state index >= 15 is 0 Å². The number of rotatable bonds is 5. The van der Waals surface area contributed by atoms with Crippen LogP contribution in [-0.2, 0) is 33.4 Å². The number of ether oxygens (including phenoxy) is 2. The molecule has 2 atom stereocenters. The molecule has 0 aliphatic carbocycles. The number of aliphatic imine (C=N–C) groups is 1. The first-order valence-electron chi connectivity index (χ1n) is 10.9. The predicted octanol–water partition coefficient (Wildman–Crippen LogP) is 4.59. The van der Waals surface area contributed by atoms with Crippen LogP contribution in [-0.4, -0.2) is 56.5 Å². The zero-order valence-electron chi connectivity index (χ0n) is 19.8. The van der Waals surface area contributed by atoms with E-state index in [1.54, 1.807) is 12.1 Å². The molecule has 2 saturated heterocycles. The number of methoxy groups -OCH3 is 2. The van der Waals surface area contributed by atoms with Crippen molar-refractivity contribution >= 4 is 38.4 Å². The van der Waals surface area contributed by atoms with Crippen LogP contribution < -0.4 is 14.4 Å². The number of alkyl halides is 6. The molecule has 0 N–H and O–H groups in total. The molecule has 0 spiro atoms. The van der Waals surface area contributed by atoms with Crippen LogP contribution in [0.3, 0.4) is 0 Å². The van der Waals surface area contributed by atoms with Crippen molar-refractivity contribution in [2.45, 2.75) is 30.1 Å². The lowest BCUT2D eigenvalue weighted by Crippen LogP contribution is -2.38. The molecule has 2 aliphatic heterocycles. The van der Waals surface area contributed by atoms with Gasteiger partial charge in [-0.05, 0) is 35.9 Å². The normalized spacial score (nSPS) is 22.0. The summed E-state index contributed by atoms with van der Waals surface area (Å²) < 4.78 is 116. The molecule has 2 aromatic carbocycles. The first kappa shape index (κ1) is 28.1. The monoisotopic (exact) mass is 582 g/mol. The lowest BCUT2D eigenvalue weighted by atomic mass is 10.1. The third-order valence-corrected chi connectivity index (χ3v) is 9.15. The number of carbonyl (C=O) groups excluding carboxylic acids is 1. The van der Waals surface area contributed by atoms with Crippen molar-refractivity contribution in [3.63, 3.8) is 0 Å². The number of benzene rings is 2. The summed E-state index contributed by atoms with van der Waals surface area (Å²) in [6.07, 6.45) is -10.5. The number of amidine groups is 1. The number of hydrogen-bond donors (Lipinski definition) is 0. The number of fused-ring (bicyclic) bond motifs is 1. The summed E-state index contributed by atoms with van der Waals surface area (Å²) in [6.45, 7) is 0. The number of amides is 1. The topological polar surface area (TPSA) is 85.3 Å². The number of thioether (sulfide) groups is 1. The molecular formula is C23H20F6N2O5S2. The quantitative estimate of drug-likeness (QED) is 0.477. The minimum atomic E-state index is -5.11. The molecule has 15 heteroatoms. The van der Waals surface area contributed by atoms with Crippen LogP contribution in [0.2, 0.25) is 0 Å². The lowest BCUT2D eigenvalue weighted by molar-refractivity contribution is -0.143. The van der Waals surface area contributed by atoms with Crippen LogP contribution in [0, 0.1) is 0 Å². The highest BCUT2D eigenvalue weighted by molar-refractivity contribution is 8.16. The number of sulfone groups is 1. The van der Waals surface area contributed by atoms with Gasteiger partial charge in [-0.15, -0.1) is 0 Å². The highest BCUT2D eigenvalue weighted by Crippen LogP contribution is 2.44. The fraction of sp³-hybridized carbons (Fsp3) is 0.391. The number of carbonyl (C=O) groups is 1. The number of hydrogen-bond acceptors (Lipinski definition) is 6. The third kappa shape index (κ3) is 5.87. The third-order valence-electron chi connectivity index (χ3n) is 5.94. The number of anilines is 1. The SMILES string of the molecule is COc1ccc(CC(=O)N=C2S[C@@H]3CS(=O)(=O)C[C@@H]3N2c2cc(C(F)(F)F)cc(C(F)(F)F)c2)cc1OC. The van der Waals surface area contributed by atoms with Gasteiger partial charge in [-0.3, -0.25) is 4.79 Å². The Bertz CT molecular complexity index is 1360. The average molecular weight is 583 g/mol. The molecule has 7 nitrogen and oxygen atoms in total. The fourth-order valence-electron chi connectivity index (χ4n) is 4.26. The molecule has 0 unspecified atom stereocenters. The molecule has 2 aromatic rings. The van der Waals surface area contributed by atoms with Gasteiger partial charge in [-0.1, -0.05) is 17.8 Å². The van der Waals surface area contributed by atoms with Crippen LogP contribution in [0.25, 0.3) is 0 Å². The van der Waals surface area contributed by atoms with Gasteiger partial charge in [-0.25, -0.2) is 8.42 Å². The van der Waals surface area contributed by atoms with Crippen molar-refractivity contribution in [2.75, 3.05) is 30.6 Å². The largest absolute Gasteiger partial charge is 0.493 e. The van der Waals surface area contributed by atoms with Crippen LogP contribution in [0.1, 0.15) is 16.7 Å². The number of nitrogens with zero attached hydrogens (tertiary/aromatic N) is 2. The standard InChI is InChI=1S/C23H20F6N2O5S2/c1-35-17-4-3-12(5-18(17)36-2)6-20(32)30-21-31(16-10-38(33,34)11-19(16)37-21)15-8-13(22(24,25)26)7-14(9-15)23(27,28)29/h3-5,7-9,16,19H,6,10-11H2,1-2H3/t16-,19+/m0/s1. The average Bonchev–Trinajstić information content (AvgIpc) is 3.27. The summed E-state index contributed by atoms with van der Waals surface area (Å²) in [6, 6.07) is 4.64. The molecule has 206 valence electrons. The molecule has 0 radical (unpaired) electrons. The highest BCUT2D eigenvalue weighted by atomic mass is 32.2. The van der Waals surface area contributed by atoms with Crippen LogP contribution >= 0.6 is 11.8 Å². The maximum atomic E-state index is 13.5. The molecule has 4 rings (SSSR count). The van der Waals surface area contributed by atoms with Crippen LogP contribution in [0.15, 0.2) is 41.4 Å². The molecule has 2 heterocycles. The Balaban J connectivity index is 1.75. The molecule has 2 aliphatic rings. The first-order valence-corrected chi connectivity index (χ1v) is 13.6. The Kier molecular flexibility index (Phi) is 7.38. The van der Waals surface area contributed by atoms with Crippen molar-refractivity contribution in [1.29, 1.82) is 0 Å². The highest BCUT2D eigenvalue weighted by Gasteiger charge is 2.50. The minimum absolute atomic E-state index is 0.0192. The van der Waals surface area contributed by atoms with Gasteiger partial charge in [0.1, 0.15) is 0 Å². The van der Waals surface area contributed by atoms with E-state index in [0.29, 0.717) is 29.2 Å². The van der Waals surface area contributed by atoms with Gasteiger partial charge in [0.25, 0.3) is 5.91 Å². The second kappa shape index (κ2) is 9.98. The fourth-order valence-corrected chi connectivity index (χ4v) is 8.19. The Morgan fingerprint density at radius 2 is 1.58 bits per heavy atom. The summed E-state index contributed by atoms with van der Waals surface area (Å²) in [4.78, 5) is 17.8. The Labute approximate surface area is 217 Å². The zero-order chi connectivity index (χ0) is 28.0.